The molecule has 3 aromatic rings. The Morgan fingerprint density at radius 1 is 1.03 bits per heavy atom. The second-order valence-electron chi connectivity index (χ2n) is 6.79. The molecule has 0 saturated carbocycles. The molecule has 0 aliphatic carbocycles. The molecule has 0 fully saturated rings. The predicted octanol–water partition coefficient (Wildman–Crippen LogP) is 3.70. The molecule has 1 N–H and O–H groups in total. The average molecular weight is 389 g/mol. The molecular formula is C21H15N3O5. The van der Waals surface area contributed by atoms with Crippen LogP contribution in [0.1, 0.15) is 37.4 Å². The lowest BCUT2D eigenvalue weighted by atomic mass is 9.94. The van der Waals surface area contributed by atoms with Gasteiger partial charge in [-0.2, -0.15) is 10.1 Å². The average Bonchev–Trinajstić information content (AvgIpc) is 2.69. The fourth-order valence-corrected chi connectivity index (χ4v) is 3.52. The summed E-state index contributed by atoms with van der Waals surface area (Å²) in [6, 6.07) is 10.5. The number of amides is 2. The second-order valence-corrected chi connectivity index (χ2v) is 6.79. The third kappa shape index (κ3) is 2.82. The van der Waals surface area contributed by atoms with Gasteiger partial charge in [-0.3, -0.25) is 19.7 Å². The molecule has 0 bridgehead atoms. The number of benzene rings is 3. The number of nitrogens with zero attached hydrogens (tertiary/aromatic N) is 3. The number of nitro groups is 1. The minimum Gasteiger partial charge on any atom is -0.507 e. The Labute approximate surface area is 164 Å². The highest BCUT2D eigenvalue weighted by Crippen LogP contribution is 2.35. The van der Waals surface area contributed by atoms with Gasteiger partial charge in [0, 0.05) is 11.5 Å². The van der Waals surface area contributed by atoms with Crippen molar-refractivity contribution >= 4 is 34.5 Å². The van der Waals surface area contributed by atoms with E-state index >= 15 is 0 Å². The SMILES string of the molecule is Cc1cc(/C=N/N2C(=O)c3cccc4c([N+](=O)[O-])ccc(c34)C2=O)cc(C)c1O. The monoisotopic (exact) mass is 389 g/mol. The zero-order valence-corrected chi connectivity index (χ0v) is 15.5. The maximum Gasteiger partial charge on any atom is 0.282 e. The highest BCUT2D eigenvalue weighted by molar-refractivity contribution is 6.26. The summed E-state index contributed by atoms with van der Waals surface area (Å²) in [5.74, 6) is -1.14. The van der Waals surface area contributed by atoms with Gasteiger partial charge in [0.15, 0.2) is 0 Å². The summed E-state index contributed by atoms with van der Waals surface area (Å²) in [7, 11) is 0. The summed E-state index contributed by atoms with van der Waals surface area (Å²) >= 11 is 0. The lowest BCUT2D eigenvalue weighted by Crippen LogP contribution is -2.36. The van der Waals surface area contributed by atoms with Gasteiger partial charge in [-0.15, -0.1) is 0 Å². The van der Waals surface area contributed by atoms with Crippen LogP contribution in [0, 0.1) is 24.0 Å². The van der Waals surface area contributed by atoms with Gasteiger partial charge in [0.1, 0.15) is 5.75 Å². The topological polar surface area (TPSA) is 113 Å². The Morgan fingerprint density at radius 3 is 2.28 bits per heavy atom. The molecule has 3 aromatic carbocycles. The van der Waals surface area contributed by atoms with Crippen molar-refractivity contribution in [2.45, 2.75) is 13.8 Å². The molecule has 0 radical (unpaired) electrons. The van der Waals surface area contributed by atoms with E-state index in [4.69, 9.17) is 0 Å². The number of carbonyl (C=O) groups excluding carboxylic acids is 2. The molecule has 1 heterocycles. The van der Waals surface area contributed by atoms with E-state index in [1.54, 1.807) is 26.0 Å². The number of hydrazone groups is 1. The number of aryl methyl sites for hydroxylation is 2. The van der Waals surface area contributed by atoms with Gasteiger partial charge < -0.3 is 5.11 Å². The van der Waals surface area contributed by atoms with Crippen molar-refractivity contribution in [1.29, 1.82) is 0 Å². The summed E-state index contributed by atoms with van der Waals surface area (Å²) in [5.41, 5.74) is 2.09. The van der Waals surface area contributed by atoms with Gasteiger partial charge in [0.05, 0.1) is 27.7 Å². The van der Waals surface area contributed by atoms with Gasteiger partial charge in [-0.1, -0.05) is 6.07 Å². The molecule has 0 aromatic heterocycles. The highest BCUT2D eigenvalue weighted by atomic mass is 16.6. The maximum atomic E-state index is 12.9. The minimum absolute atomic E-state index is 0.168. The number of rotatable bonds is 3. The molecule has 8 heteroatoms. The molecular weight excluding hydrogens is 374 g/mol. The van der Waals surface area contributed by atoms with Crippen molar-refractivity contribution in [3.8, 4) is 5.75 Å². The molecule has 0 unspecified atom stereocenters. The number of hydrogen-bond acceptors (Lipinski definition) is 6. The van der Waals surface area contributed by atoms with E-state index in [1.165, 1.54) is 36.5 Å². The molecule has 8 nitrogen and oxygen atoms in total. The Hall–Kier alpha value is -4.07. The highest BCUT2D eigenvalue weighted by Gasteiger charge is 2.34. The molecule has 0 atom stereocenters. The van der Waals surface area contributed by atoms with Crippen molar-refractivity contribution in [2.24, 2.45) is 5.10 Å². The zero-order chi connectivity index (χ0) is 20.9. The lowest BCUT2D eigenvalue weighted by molar-refractivity contribution is -0.383. The van der Waals surface area contributed by atoms with E-state index in [9.17, 15) is 24.8 Å². The zero-order valence-electron chi connectivity index (χ0n) is 15.5. The molecule has 0 spiro atoms. The second kappa shape index (κ2) is 6.52. The Balaban J connectivity index is 1.81. The van der Waals surface area contributed by atoms with E-state index in [1.807, 2.05) is 0 Å². The lowest BCUT2D eigenvalue weighted by Gasteiger charge is -2.23. The van der Waals surface area contributed by atoms with Crippen LogP contribution in [0.2, 0.25) is 0 Å². The summed E-state index contributed by atoms with van der Waals surface area (Å²) in [6.45, 7) is 3.47. The van der Waals surface area contributed by atoms with Crippen molar-refractivity contribution in [1.82, 2.24) is 5.01 Å². The van der Waals surface area contributed by atoms with E-state index in [-0.39, 0.29) is 33.3 Å². The number of phenols is 1. The van der Waals surface area contributed by atoms with E-state index in [2.05, 4.69) is 5.10 Å². The van der Waals surface area contributed by atoms with E-state index in [0.717, 1.165) is 5.01 Å². The van der Waals surface area contributed by atoms with Gasteiger partial charge >= 0.3 is 0 Å². The van der Waals surface area contributed by atoms with Crippen LogP contribution in [0.3, 0.4) is 0 Å². The van der Waals surface area contributed by atoms with Gasteiger partial charge in [-0.05, 0) is 60.9 Å². The van der Waals surface area contributed by atoms with Crippen LogP contribution in [-0.4, -0.2) is 33.1 Å². The quantitative estimate of drug-likeness (QED) is 0.318. The van der Waals surface area contributed by atoms with E-state index < -0.39 is 16.7 Å². The molecule has 144 valence electrons. The van der Waals surface area contributed by atoms with Crippen LogP contribution >= 0.6 is 0 Å². The largest absolute Gasteiger partial charge is 0.507 e. The first-order valence-corrected chi connectivity index (χ1v) is 8.72. The van der Waals surface area contributed by atoms with Crippen LogP contribution in [0.5, 0.6) is 5.75 Å². The summed E-state index contributed by atoms with van der Waals surface area (Å²) in [4.78, 5) is 36.5. The van der Waals surface area contributed by atoms with Crippen molar-refractivity contribution < 1.29 is 19.6 Å². The fraction of sp³-hybridized carbons (Fsp3) is 0.0952. The van der Waals surface area contributed by atoms with Crippen molar-refractivity contribution in [2.75, 3.05) is 0 Å². The molecule has 0 saturated heterocycles. The van der Waals surface area contributed by atoms with E-state index in [0.29, 0.717) is 16.7 Å². The van der Waals surface area contributed by atoms with Crippen molar-refractivity contribution in [3.05, 3.63) is 80.4 Å². The van der Waals surface area contributed by atoms with Gasteiger partial charge in [0.2, 0.25) is 0 Å². The third-order valence-electron chi connectivity index (χ3n) is 4.90. The number of non-ortho nitro benzene ring substituents is 1. The van der Waals surface area contributed by atoms with Gasteiger partial charge in [-0.25, -0.2) is 0 Å². The molecule has 4 rings (SSSR count). The van der Waals surface area contributed by atoms with Crippen LogP contribution in [0.4, 0.5) is 5.69 Å². The number of hydrogen-bond donors (Lipinski definition) is 1. The van der Waals surface area contributed by atoms with Crippen LogP contribution < -0.4 is 0 Å². The summed E-state index contributed by atoms with van der Waals surface area (Å²) < 4.78 is 0. The third-order valence-corrected chi connectivity index (χ3v) is 4.90. The molecule has 1 aliphatic heterocycles. The summed E-state index contributed by atoms with van der Waals surface area (Å²) in [6.07, 6.45) is 1.37. The Bertz CT molecular complexity index is 1220. The minimum atomic E-state index is -0.655. The predicted molar refractivity (Wildman–Crippen MR) is 106 cm³/mol. The van der Waals surface area contributed by atoms with Gasteiger partial charge in [0.25, 0.3) is 17.5 Å². The fourth-order valence-electron chi connectivity index (χ4n) is 3.52. The molecule has 2 amide bonds. The van der Waals surface area contributed by atoms with Crippen molar-refractivity contribution in [3.63, 3.8) is 0 Å². The Kier molecular flexibility index (Phi) is 4.11. The number of aromatic hydroxyl groups is 1. The number of imide groups is 1. The number of nitro benzene ring substituents is 1. The molecule has 29 heavy (non-hydrogen) atoms. The first-order chi connectivity index (χ1) is 13.8. The van der Waals surface area contributed by atoms with Crippen LogP contribution in [0.25, 0.3) is 10.8 Å². The summed E-state index contributed by atoms with van der Waals surface area (Å²) in [5, 5.41) is 26.5. The standard InChI is InChI=1S/C21H15N3O5/c1-11-8-13(9-12(2)19(11)25)10-22-23-20(26)15-5-3-4-14-17(24(28)29)7-6-16(18(14)15)21(23)27/h3-10,25H,1-2H3/b22-10+. The van der Waals surface area contributed by atoms with Crippen LogP contribution in [-0.2, 0) is 0 Å². The Morgan fingerprint density at radius 2 is 1.66 bits per heavy atom. The first kappa shape index (κ1) is 18.3. The molecule has 1 aliphatic rings. The maximum absolute atomic E-state index is 12.9. The number of carbonyl (C=O) groups is 2. The first-order valence-electron chi connectivity index (χ1n) is 8.72. The number of phenolic OH excluding ortho intramolecular Hbond substituents is 1. The van der Waals surface area contributed by atoms with Crippen LogP contribution in [0.15, 0.2) is 47.6 Å². The smallest absolute Gasteiger partial charge is 0.282 e. The normalized spacial score (nSPS) is 13.5.